The third-order valence-corrected chi connectivity index (χ3v) is 6.44. The third kappa shape index (κ3) is 6.00. The topological polar surface area (TPSA) is 72.5 Å². The maximum absolute atomic E-state index is 5.91. The minimum absolute atomic E-state index is 0.560. The van der Waals surface area contributed by atoms with E-state index in [4.69, 9.17) is 9.84 Å². The highest BCUT2D eigenvalue weighted by Gasteiger charge is 2.12. The molecule has 8 heteroatoms. The Hall–Kier alpha value is -3.39. The number of anilines is 2. The van der Waals surface area contributed by atoms with E-state index in [0.717, 1.165) is 54.5 Å². The maximum atomic E-state index is 5.91. The molecule has 1 aliphatic rings. The predicted molar refractivity (Wildman–Crippen MR) is 139 cm³/mol. The minimum atomic E-state index is 0.560. The molecule has 0 atom stereocenters. The molecule has 4 heterocycles. The first-order chi connectivity index (χ1) is 17.1. The summed E-state index contributed by atoms with van der Waals surface area (Å²) in [5.74, 6) is 2.15. The number of hydrogen-bond donors (Lipinski definition) is 1. The lowest BCUT2D eigenvalue weighted by Gasteiger charge is -2.15. The Labute approximate surface area is 206 Å². The predicted octanol–water partition coefficient (Wildman–Crippen LogP) is 5.25. The number of nitrogens with zero attached hydrogens (tertiary/aromatic N) is 6. The Morgan fingerprint density at radius 1 is 1.03 bits per heavy atom. The van der Waals surface area contributed by atoms with Gasteiger partial charge in [-0.25, -0.2) is 4.52 Å². The Bertz CT molecular complexity index is 1220. The van der Waals surface area contributed by atoms with Crippen molar-refractivity contribution in [2.75, 3.05) is 31.6 Å². The standard InChI is InChI=1S/C27H35N7O/c1-21(2)7-6-16-33-20-22(19-28-33)25-8-5-9-26-30-27(31-34(25)26)29-23-10-12-24(13-11-23)35-18-17-32-14-3-4-15-32/h5,8-13,19-21H,3-4,6-7,14-18H2,1-2H3,(H,29,31). The van der Waals surface area contributed by atoms with Gasteiger partial charge in [0.1, 0.15) is 12.4 Å². The zero-order valence-corrected chi connectivity index (χ0v) is 20.7. The number of ether oxygens (including phenoxy) is 1. The van der Waals surface area contributed by atoms with Gasteiger partial charge in [-0.2, -0.15) is 10.1 Å². The molecule has 0 amide bonds. The quantitative estimate of drug-likeness (QED) is 0.321. The van der Waals surface area contributed by atoms with Gasteiger partial charge in [-0.3, -0.25) is 9.58 Å². The largest absolute Gasteiger partial charge is 0.492 e. The van der Waals surface area contributed by atoms with Gasteiger partial charge in [-0.05, 0) is 81.1 Å². The van der Waals surface area contributed by atoms with Crippen molar-refractivity contribution in [3.63, 3.8) is 0 Å². The summed E-state index contributed by atoms with van der Waals surface area (Å²) in [4.78, 5) is 7.12. The van der Waals surface area contributed by atoms with Gasteiger partial charge >= 0.3 is 0 Å². The molecule has 1 aromatic carbocycles. The van der Waals surface area contributed by atoms with Crippen LogP contribution in [0, 0.1) is 5.92 Å². The fourth-order valence-corrected chi connectivity index (χ4v) is 4.52. The number of hydrogen-bond acceptors (Lipinski definition) is 6. The highest BCUT2D eigenvalue weighted by atomic mass is 16.5. The second-order valence-corrected chi connectivity index (χ2v) is 9.69. The van der Waals surface area contributed by atoms with E-state index >= 15 is 0 Å². The number of fused-ring (bicyclic) bond motifs is 1. The fourth-order valence-electron chi connectivity index (χ4n) is 4.52. The van der Waals surface area contributed by atoms with Crippen molar-refractivity contribution < 1.29 is 4.74 Å². The maximum Gasteiger partial charge on any atom is 0.247 e. The second-order valence-electron chi connectivity index (χ2n) is 9.69. The highest BCUT2D eigenvalue weighted by molar-refractivity contribution is 5.63. The molecular weight excluding hydrogens is 438 g/mol. The average Bonchev–Trinajstić information content (AvgIpc) is 3.61. The van der Waals surface area contributed by atoms with Gasteiger partial charge in [0.2, 0.25) is 5.95 Å². The second kappa shape index (κ2) is 10.9. The van der Waals surface area contributed by atoms with E-state index in [0.29, 0.717) is 11.9 Å². The Morgan fingerprint density at radius 3 is 2.66 bits per heavy atom. The first kappa shape index (κ1) is 23.4. The number of rotatable bonds is 11. The van der Waals surface area contributed by atoms with Crippen molar-refractivity contribution in [2.45, 2.75) is 46.1 Å². The average molecular weight is 474 g/mol. The molecule has 184 valence electrons. The zero-order valence-electron chi connectivity index (χ0n) is 20.7. The van der Waals surface area contributed by atoms with Gasteiger partial charge in [0.25, 0.3) is 0 Å². The van der Waals surface area contributed by atoms with Gasteiger partial charge in [0.05, 0.1) is 11.9 Å². The molecule has 0 saturated carbocycles. The van der Waals surface area contributed by atoms with E-state index < -0.39 is 0 Å². The van der Waals surface area contributed by atoms with Gasteiger partial charge in [-0.1, -0.05) is 19.9 Å². The molecule has 0 bridgehead atoms. The van der Waals surface area contributed by atoms with Crippen LogP contribution in [-0.2, 0) is 6.54 Å². The smallest absolute Gasteiger partial charge is 0.247 e. The van der Waals surface area contributed by atoms with Crippen LogP contribution in [0.4, 0.5) is 11.6 Å². The Morgan fingerprint density at radius 2 is 1.86 bits per heavy atom. The van der Waals surface area contributed by atoms with Crippen LogP contribution in [-0.4, -0.2) is 55.5 Å². The number of nitrogens with one attached hydrogen (secondary N) is 1. The van der Waals surface area contributed by atoms with Crippen molar-refractivity contribution in [3.8, 4) is 17.0 Å². The van der Waals surface area contributed by atoms with Crippen LogP contribution in [0.2, 0.25) is 0 Å². The van der Waals surface area contributed by atoms with Crippen LogP contribution in [0.5, 0.6) is 5.75 Å². The molecule has 0 spiro atoms. The van der Waals surface area contributed by atoms with Crippen LogP contribution >= 0.6 is 0 Å². The summed E-state index contributed by atoms with van der Waals surface area (Å²) >= 11 is 0. The molecule has 1 N–H and O–H groups in total. The van der Waals surface area contributed by atoms with E-state index in [1.807, 2.05) is 51.8 Å². The first-order valence-corrected chi connectivity index (χ1v) is 12.7. The molecule has 1 aliphatic heterocycles. The molecule has 1 fully saturated rings. The van der Waals surface area contributed by atoms with Gasteiger partial charge in [-0.15, -0.1) is 5.10 Å². The normalized spacial score (nSPS) is 14.3. The van der Waals surface area contributed by atoms with Crippen molar-refractivity contribution in [1.82, 2.24) is 29.3 Å². The molecular formula is C27H35N7O. The van der Waals surface area contributed by atoms with Gasteiger partial charge in [0.15, 0.2) is 5.65 Å². The Balaban J connectivity index is 1.22. The van der Waals surface area contributed by atoms with Crippen LogP contribution in [0.1, 0.15) is 39.5 Å². The lowest BCUT2D eigenvalue weighted by atomic mass is 10.1. The van der Waals surface area contributed by atoms with Crippen LogP contribution < -0.4 is 10.1 Å². The van der Waals surface area contributed by atoms with Crippen LogP contribution in [0.3, 0.4) is 0 Å². The van der Waals surface area contributed by atoms with Gasteiger partial charge in [0, 0.05) is 30.5 Å². The summed E-state index contributed by atoms with van der Waals surface area (Å²) in [6.45, 7) is 9.54. The summed E-state index contributed by atoms with van der Waals surface area (Å²) in [7, 11) is 0. The Kier molecular flexibility index (Phi) is 7.28. The van der Waals surface area contributed by atoms with E-state index in [1.54, 1.807) is 0 Å². The van der Waals surface area contributed by atoms with E-state index in [2.05, 4.69) is 46.4 Å². The third-order valence-electron chi connectivity index (χ3n) is 6.44. The van der Waals surface area contributed by atoms with Crippen LogP contribution in [0.15, 0.2) is 54.9 Å². The van der Waals surface area contributed by atoms with Crippen molar-refractivity contribution in [2.24, 2.45) is 5.92 Å². The summed E-state index contributed by atoms with van der Waals surface area (Å²) < 4.78 is 9.80. The van der Waals surface area contributed by atoms with Crippen molar-refractivity contribution >= 4 is 17.3 Å². The van der Waals surface area contributed by atoms with E-state index in [-0.39, 0.29) is 0 Å². The number of likely N-dealkylation sites (tertiary alicyclic amines) is 1. The summed E-state index contributed by atoms with van der Waals surface area (Å²) in [6, 6.07) is 14.0. The lowest BCUT2D eigenvalue weighted by molar-refractivity contribution is 0.238. The fraction of sp³-hybridized carbons (Fsp3) is 0.444. The number of pyridine rings is 1. The molecule has 4 aromatic rings. The first-order valence-electron chi connectivity index (χ1n) is 12.7. The SMILES string of the molecule is CC(C)CCCn1cc(-c2cccc3nc(Nc4ccc(OCCN5CCCC5)cc4)nn23)cn1. The van der Waals surface area contributed by atoms with Crippen molar-refractivity contribution in [1.29, 1.82) is 0 Å². The zero-order chi connectivity index (χ0) is 24.0. The van der Waals surface area contributed by atoms with E-state index in [9.17, 15) is 0 Å². The number of aryl methyl sites for hydroxylation is 1. The minimum Gasteiger partial charge on any atom is -0.492 e. The monoisotopic (exact) mass is 473 g/mol. The van der Waals surface area contributed by atoms with Crippen molar-refractivity contribution in [3.05, 3.63) is 54.9 Å². The molecule has 0 radical (unpaired) electrons. The van der Waals surface area contributed by atoms with Crippen LogP contribution in [0.25, 0.3) is 16.9 Å². The van der Waals surface area contributed by atoms with Gasteiger partial charge < -0.3 is 10.1 Å². The highest BCUT2D eigenvalue weighted by Crippen LogP contribution is 2.23. The molecule has 3 aromatic heterocycles. The molecule has 5 rings (SSSR count). The summed E-state index contributed by atoms with van der Waals surface area (Å²) in [6.07, 6.45) is 8.94. The molecule has 0 aliphatic carbocycles. The number of aromatic nitrogens is 5. The number of benzene rings is 1. The molecule has 8 nitrogen and oxygen atoms in total. The lowest BCUT2D eigenvalue weighted by Crippen LogP contribution is -2.25. The summed E-state index contributed by atoms with van der Waals surface area (Å²) in [5.41, 5.74) is 3.72. The summed E-state index contributed by atoms with van der Waals surface area (Å²) in [5, 5.41) is 12.6. The molecule has 35 heavy (non-hydrogen) atoms. The molecule has 0 unspecified atom stereocenters. The molecule has 1 saturated heterocycles. The van der Waals surface area contributed by atoms with E-state index in [1.165, 1.54) is 32.4 Å².